The molecule has 0 aromatic heterocycles. The molecule has 2 aromatic rings. The number of rotatable bonds is 5. The van der Waals surface area contributed by atoms with Crippen molar-refractivity contribution in [3.8, 4) is 0 Å². The smallest absolute Gasteiger partial charge is 0.226 e. The molecule has 0 fully saturated rings. The standard InChI is InChI=1S/C19H24N2O/c1-13-5-7-15(3)17(11-13)20-10-9-19(22)21-18-12-14(2)6-8-16(18)4/h5-8,11-12,20H,9-10H2,1-4H3,(H,21,22). The molecule has 1 amide bonds. The van der Waals surface area contributed by atoms with E-state index in [0.29, 0.717) is 13.0 Å². The van der Waals surface area contributed by atoms with Gasteiger partial charge in [0.1, 0.15) is 0 Å². The SMILES string of the molecule is Cc1ccc(C)c(NCCC(=O)Nc2cc(C)ccc2C)c1. The van der Waals surface area contributed by atoms with Crippen LogP contribution in [0.1, 0.15) is 28.7 Å². The monoisotopic (exact) mass is 296 g/mol. The topological polar surface area (TPSA) is 41.1 Å². The number of anilines is 2. The van der Waals surface area contributed by atoms with Gasteiger partial charge >= 0.3 is 0 Å². The summed E-state index contributed by atoms with van der Waals surface area (Å²) >= 11 is 0. The van der Waals surface area contributed by atoms with Crippen LogP contribution in [0, 0.1) is 27.7 Å². The highest BCUT2D eigenvalue weighted by Gasteiger charge is 2.05. The van der Waals surface area contributed by atoms with Gasteiger partial charge in [-0.3, -0.25) is 4.79 Å². The Hall–Kier alpha value is -2.29. The van der Waals surface area contributed by atoms with Crippen LogP contribution in [0.2, 0.25) is 0 Å². The van der Waals surface area contributed by atoms with E-state index in [-0.39, 0.29) is 5.91 Å². The fourth-order valence-electron chi connectivity index (χ4n) is 2.32. The van der Waals surface area contributed by atoms with Gasteiger partial charge in [-0.25, -0.2) is 0 Å². The Labute approximate surface area is 132 Å². The van der Waals surface area contributed by atoms with Gasteiger partial charge in [-0.2, -0.15) is 0 Å². The number of benzene rings is 2. The van der Waals surface area contributed by atoms with Crippen molar-refractivity contribution in [3.63, 3.8) is 0 Å². The van der Waals surface area contributed by atoms with Crippen LogP contribution in [0.3, 0.4) is 0 Å². The lowest BCUT2D eigenvalue weighted by atomic mass is 10.1. The molecule has 0 aliphatic carbocycles. The maximum atomic E-state index is 12.1. The van der Waals surface area contributed by atoms with E-state index in [0.717, 1.165) is 22.5 Å². The minimum Gasteiger partial charge on any atom is -0.384 e. The summed E-state index contributed by atoms with van der Waals surface area (Å²) in [5.74, 6) is 0.0338. The Balaban J connectivity index is 1.88. The molecule has 0 spiro atoms. The third kappa shape index (κ3) is 4.35. The quantitative estimate of drug-likeness (QED) is 0.860. The van der Waals surface area contributed by atoms with E-state index in [1.807, 2.05) is 32.0 Å². The van der Waals surface area contributed by atoms with E-state index < -0.39 is 0 Å². The molecule has 3 heteroatoms. The second-order valence-corrected chi connectivity index (χ2v) is 5.86. The van der Waals surface area contributed by atoms with Gasteiger partial charge in [-0.15, -0.1) is 0 Å². The lowest BCUT2D eigenvalue weighted by Crippen LogP contribution is -2.17. The van der Waals surface area contributed by atoms with E-state index >= 15 is 0 Å². The number of nitrogens with one attached hydrogen (secondary N) is 2. The lowest BCUT2D eigenvalue weighted by molar-refractivity contribution is -0.115. The molecule has 0 radical (unpaired) electrons. The van der Waals surface area contributed by atoms with Crippen LogP contribution in [0.5, 0.6) is 0 Å². The van der Waals surface area contributed by atoms with Crippen LogP contribution in [0.4, 0.5) is 11.4 Å². The zero-order valence-corrected chi connectivity index (χ0v) is 13.8. The number of aryl methyl sites for hydroxylation is 4. The molecule has 0 saturated carbocycles. The summed E-state index contributed by atoms with van der Waals surface area (Å²) in [5.41, 5.74) is 6.64. The molecule has 22 heavy (non-hydrogen) atoms. The van der Waals surface area contributed by atoms with Gasteiger partial charge in [0.15, 0.2) is 0 Å². The number of hydrogen-bond acceptors (Lipinski definition) is 2. The molecule has 2 N–H and O–H groups in total. The molecule has 2 aromatic carbocycles. The van der Waals surface area contributed by atoms with Crippen LogP contribution >= 0.6 is 0 Å². The lowest BCUT2D eigenvalue weighted by Gasteiger charge is -2.12. The first-order valence-corrected chi connectivity index (χ1v) is 7.64. The van der Waals surface area contributed by atoms with E-state index in [1.165, 1.54) is 11.1 Å². The zero-order valence-electron chi connectivity index (χ0n) is 13.8. The summed E-state index contributed by atoms with van der Waals surface area (Å²) in [7, 11) is 0. The third-order valence-corrected chi connectivity index (χ3v) is 3.73. The molecule has 2 rings (SSSR count). The highest BCUT2D eigenvalue weighted by molar-refractivity contribution is 5.91. The molecular weight excluding hydrogens is 272 g/mol. The number of carbonyl (C=O) groups excluding carboxylic acids is 1. The van der Waals surface area contributed by atoms with Crippen molar-refractivity contribution >= 4 is 17.3 Å². The maximum absolute atomic E-state index is 12.1. The average molecular weight is 296 g/mol. The van der Waals surface area contributed by atoms with Crippen LogP contribution < -0.4 is 10.6 Å². The Morgan fingerprint density at radius 3 is 2.05 bits per heavy atom. The van der Waals surface area contributed by atoms with Crippen molar-refractivity contribution in [2.75, 3.05) is 17.2 Å². The Kier molecular flexibility index (Phi) is 5.21. The molecule has 116 valence electrons. The van der Waals surface area contributed by atoms with Gasteiger partial charge in [-0.05, 0) is 62.1 Å². The highest BCUT2D eigenvalue weighted by atomic mass is 16.1. The largest absolute Gasteiger partial charge is 0.384 e. The predicted octanol–water partition coefficient (Wildman–Crippen LogP) is 4.36. The van der Waals surface area contributed by atoms with Crippen LogP contribution in [0.25, 0.3) is 0 Å². The molecule has 0 bridgehead atoms. The summed E-state index contributed by atoms with van der Waals surface area (Å²) in [6.45, 7) is 8.79. The normalized spacial score (nSPS) is 10.4. The first-order chi connectivity index (χ1) is 10.5. The van der Waals surface area contributed by atoms with Gasteiger partial charge in [0.25, 0.3) is 0 Å². The number of amides is 1. The van der Waals surface area contributed by atoms with Gasteiger partial charge in [-0.1, -0.05) is 24.3 Å². The summed E-state index contributed by atoms with van der Waals surface area (Å²) in [4.78, 5) is 12.1. The molecule has 0 heterocycles. The first kappa shape index (κ1) is 16.1. The summed E-state index contributed by atoms with van der Waals surface area (Å²) in [6, 6.07) is 12.4. The summed E-state index contributed by atoms with van der Waals surface area (Å²) in [5, 5.41) is 6.32. The van der Waals surface area contributed by atoms with E-state index in [1.54, 1.807) is 0 Å². The highest BCUT2D eigenvalue weighted by Crippen LogP contribution is 2.18. The minimum atomic E-state index is 0.0338. The fraction of sp³-hybridized carbons (Fsp3) is 0.316. The summed E-state index contributed by atoms with van der Waals surface area (Å²) in [6.07, 6.45) is 0.445. The van der Waals surface area contributed by atoms with Gasteiger partial charge in [0.2, 0.25) is 5.91 Å². The van der Waals surface area contributed by atoms with Crippen molar-refractivity contribution < 1.29 is 4.79 Å². The van der Waals surface area contributed by atoms with Crippen molar-refractivity contribution in [1.82, 2.24) is 0 Å². The molecule has 0 aliphatic heterocycles. The Bertz CT molecular complexity index is 677. The minimum absolute atomic E-state index is 0.0338. The van der Waals surface area contributed by atoms with Crippen LogP contribution in [0.15, 0.2) is 36.4 Å². The van der Waals surface area contributed by atoms with Gasteiger partial charge in [0, 0.05) is 24.3 Å². The van der Waals surface area contributed by atoms with Crippen molar-refractivity contribution in [3.05, 3.63) is 58.7 Å². The van der Waals surface area contributed by atoms with Crippen molar-refractivity contribution in [2.24, 2.45) is 0 Å². The molecule has 0 unspecified atom stereocenters. The second kappa shape index (κ2) is 7.12. The van der Waals surface area contributed by atoms with Crippen LogP contribution in [-0.2, 0) is 4.79 Å². The van der Waals surface area contributed by atoms with E-state index in [4.69, 9.17) is 0 Å². The third-order valence-electron chi connectivity index (χ3n) is 3.73. The van der Waals surface area contributed by atoms with Gasteiger partial charge in [0.05, 0.1) is 0 Å². The Morgan fingerprint density at radius 1 is 0.864 bits per heavy atom. The average Bonchev–Trinajstić information content (AvgIpc) is 2.46. The molecule has 3 nitrogen and oxygen atoms in total. The molecular formula is C19H24N2O. The Morgan fingerprint density at radius 2 is 1.41 bits per heavy atom. The number of carbonyl (C=O) groups is 1. The van der Waals surface area contributed by atoms with Gasteiger partial charge < -0.3 is 10.6 Å². The predicted molar refractivity (Wildman–Crippen MR) is 93.6 cm³/mol. The van der Waals surface area contributed by atoms with Crippen LogP contribution in [-0.4, -0.2) is 12.5 Å². The van der Waals surface area contributed by atoms with E-state index in [2.05, 4.69) is 42.7 Å². The fourth-order valence-corrected chi connectivity index (χ4v) is 2.32. The van der Waals surface area contributed by atoms with Crippen molar-refractivity contribution in [2.45, 2.75) is 34.1 Å². The first-order valence-electron chi connectivity index (χ1n) is 7.64. The zero-order chi connectivity index (χ0) is 16.1. The maximum Gasteiger partial charge on any atom is 0.226 e. The van der Waals surface area contributed by atoms with Crippen molar-refractivity contribution in [1.29, 1.82) is 0 Å². The summed E-state index contributed by atoms with van der Waals surface area (Å²) < 4.78 is 0. The van der Waals surface area contributed by atoms with E-state index in [9.17, 15) is 4.79 Å². The second-order valence-electron chi connectivity index (χ2n) is 5.86. The molecule has 0 saturated heterocycles. The molecule has 0 aliphatic rings. The number of hydrogen-bond donors (Lipinski definition) is 2. The molecule has 0 atom stereocenters.